The van der Waals surface area contributed by atoms with Gasteiger partial charge in [0.05, 0.1) is 35.7 Å². The number of esters is 1. The smallest absolute Gasteiger partial charge is 0.416 e. The number of carbonyl (C=O) groups excluding carboxylic acids is 2. The Morgan fingerprint density at radius 1 is 1.06 bits per heavy atom. The van der Waals surface area contributed by atoms with Gasteiger partial charge in [0.2, 0.25) is 6.79 Å². The summed E-state index contributed by atoms with van der Waals surface area (Å²) in [4.78, 5) is 27.0. The molecule has 2 aromatic rings. The summed E-state index contributed by atoms with van der Waals surface area (Å²) in [5.41, 5.74) is -0.358. The van der Waals surface area contributed by atoms with E-state index >= 15 is 0 Å². The number of halogens is 3. The lowest BCUT2D eigenvalue weighted by atomic mass is 10.1. The van der Waals surface area contributed by atoms with Crippen LogP contribution in [0.25, 0.3) is 0 Å². The van der Waals surface area contributed by atoms with E-state index in [1.807, 2.05) is 4.90 Å². The predicted octanol–water partition coefficient (Wildman–Crippen LogP) is 3.45. The van der Waals surface area contributed by atoms with Gasteiger partial charge in [-0.25, -0.2) is 4.79 Å². The Labute approximate surface area is 187 Å². The number of alkyl halides is 3. The quantitative estimate of drug-likeness (QED) is 0.676. The first kappa shape index (κ1) is 22.7. The summed E-state index contributed by atoms with van der Waals surface area (Å²) in [6.07, 6.45) is -5.85. The highest BCUT2D eigenvalue weighted by Crippen LogP contribution is 2.36. The van der Waals surface area contributed by atoms with Crippen LogP contribution in [0.5, 0.6) is 11.5 Å². The molecule has 176 valence electrons. The molecule has 0 radical (unpaired) electrons. The third kappa shape index (κ3) is 5.14. The summed E-state index contributed by atoms with van der Waals surface area (Å²) in [6.45, 7) is 3.12. The van der Waals surface area contributed by atoms with Gasteiger partial charge in [-0.1, -0.05) is 0 Å². The minimum absolute atomic E-state index is 0.0253. The number of nitrogens with zero attached hydrogens (tertiary/aromatic N) is 1. The lowest BCUT2D eigenvalue weighted by Crippen LogP contribution is -2.37. The molecule has 8 nitrogen and oxygen atoms in total. The fraction of sp³-hybridized carbons (Fsp3) is 0.364. The second-order valence-electron chi connectivity index (χ2n) is 7.43. The van der Waals surface area contributed by atoms with Gasteiger partial charge < -0.3 is 29.2 Å². The molecule has 2 aliphatic heterocycles. The number of nitrogens with one attached hydrogen (secondary N) is 1. The van der Waals surface area contributed by atoms with E-state index in [9.17, 15) is 22.8 Å². The molecule has 0 aromatic heterocycles. The zero-order valence-corrected chi connectivity index (χ0v) is 17.6. The van der Waals surface area contributed by atoms with Gasteiger partial charge in [-0.05, 0) is 43.3 Å². The third-order valence-corrected chi connectivity index (χ3v) is 5.19. The molecule has 4 rings (SSSR count). The van der Waals surface area contributed by atoms with Gasteiger partial charge in [0.15, 0.2) is 17.6 Å². The summed E-state index contributed by atoms with van der Waals surface area (Å²) < 4.78 is 60.7. The fourth-order valence-corrected chi connectivity index (χ4v) is 3.43. The molecule has 0 spiro atoms. The molecule has 2 aliphatic rings. The summed E-state index contributed by atoms with van der Waals surface area (Å²) in [5, 5.41) is 2.48. The highest BCUT2D eigenvalue weighted by atomic mass is 19.4. The average Bonchev–Trinajstić information content (AvgIpc) is 3.27. The van der Waals surface area contributed by atoms with Crippen LogP contribution in [0.1, 0.15) is 22.8 Å². The number of morpholine rings is 1. The van der Waals surface area contributed by atoms with Crippen LogP contribution in [0.2, 0.25) is 0 Å². The lowest BCUT2D eigenvalue weighted by Gasteiger charge is -2.31. The maximum atomic E-state index is 13.3. The number of fused-ring (bicyclic) bond motifs is 1. The number of ether oxygens (including phenoxy) is 4. The van der Waals surface area contributed by atoms with Crippen molar-refractivity contribution in [2.24, 2.45) is 0 Å². The van der Waals surface area contributed by atoms with Gasteiger partial charge in [0.1, 0.15) is 0 Å². The maximum Gasteiger partial charge on any atom is 0.416 e. The molecule has 1 amide bonds. The van der Waals surface area contributed by atoms with Gasteiger partial charge in [0, 0.05) is 13.1 Å². The topological polar surface area (TPSA) is 86.3 Å². The Morgan fingerprint density at radius 3 is 2.52 bits per heavy atom. The van der Waals surface area contributed by atoms with Gasteiger partial charge in [-0.15, -0.1) is 0 Å². The highest BCUT2D eigenvalue weighted by Gasteiger charge is 2.32. The second-order valence-corrected chi connectivity index (χ2v) is 7.43. The zero-order chi connectivity index (χ0) is 23.6. The Kier molecular flexibility index (Phi) is 6.32. The summed E-state index contributed by atoms with van der Waals surface area (Å²) in [5.74, 6) is -0.690. The molecule has 2 aromatic carbocycles. The standard InChI is InChI=1S/C22H21F3N2O6/c1-13(33-21(29)14-2-5-18-19(10-14)32-12-31-18)20(28)26-16-11-15(22(23,24)25)3-4-17(16)27-6-8-30-9-7-27/h2-5,10-11,13H,6-9,12H2,1H3,(H,26,28)/t13-/m1/s1. The summed E-state index contributed by atoms with van der Waals surface area (Å²) >= 11 is 0. The molecule has 0 unspecified atom stereocenters. The molecule has 1 fully saturated rings. The van der Waals surface area contributed by atoms with Crippen molar-refractivity contribution in [2.75, 3.05) is 43.3 Å². The molecule has 33 heavy (non-hydrogen) atoms. The molecule has 11 heteroatoms. The number of hydrogen-bond acceptors (Lipinski definition) is 7. The van der Waals surface area contributed by atoms with Gasteiger partial charge in [-0.3, -0.25) is 4.79 Å². The average molecular weight is 466 g/mol. The van der Waals surface area contributed by atoms with Crippen LogP contribution in [-0.4, -0.2) is 51.1 Å². The number of carbonyl (C=O) groups is 2. The number of anilines is 2. The molecule has 0 bridgehead atoms. The monoisotopic (exact) mass is 466 g/mol. The number of benzene rings is 2. The minimum atomic E-state index is -4.58. The fourth-order valence-electron chi connectivity index (χ4n) is 3.43. The van der Waals surface area contributed by atoms with E-state index in [0.29, 0.717) is 43.5 Å². The van der Waals surface area contributed by atoms with Gasteiger partial charge in [0.25, 0.3) is 5.91 Å². The van der Waals surface area contributed by atoms with Crippen molar-refractivity contribution in [3.05, 3.63) is 47.5 Å². The molecular formula is C22H21F3N2O6. The highest BCUT2D eigenvalue weighted by molar-refractivity contribution is 5.99. The minimum Gasteiger partial charge on any atom is -0.454 e. The van der Waals surface area contributed by atoms with E-state index < -0.39 is 29.7 Å². The lowest BCUT2D eigenvalue weighted by molar-refractivity contribution is -0.137. The molecule has 2 heterocycles. The summed E-state index contributed by atoms with van der Waals surface area (Å²) in [7, 11) is 0. The molecule has 1 saturated heterocycles. The number of rotatable bonds is 5. The Balaban J connectivity index is 1.49. The van der Waals surface area contributed by atoms with E-state index in [2.05, 4.69) is 5.32 Å². The van der Waals surface area contributed by atoms with Gasteiger partial charge >= 0.3 is 12.1 Å². The van der Waals surface area contributed by atoms with E-state index in [4.69, 9.17) is 18.9 Å². The van der Waals surface area contributed by atoms with E-state index in [1.165, 1.54) is 25.1 Å². The van der Waals surface area contributed by atoms with Crippen LogP contribution in [0, 0.1) is 0 Å². The SMILES string of the molecule is C[C@@H](OC(=O)c1ccc2c(c1)OCO2)C(=O)Nc1cc(C(F)(F)F)ccc1N1CCOCC1. The van der Waals surface area contributed by atoms with Gasteiger partial charge in [-0.2, -0.15) is 13.2 Å². The first-order valence-corrected chi connectivity index (χ1v) is 10.2. The van der Waals surface area contributed by atoms with Crippen LogP contribution >= 0.6 is 0 Å². The molecular weight excluding hydrogens is 445 g/mol. The first-order valence-electron chi connectivity index (χ1n) is 10.2. The third-order valence-electron chi connectivity index (χ3n) is 5.19. The van der Waals surface area contributed by atoms with Crippen molar-refractivity contribution in [1.29, 1.82) is 0 Å². The van der Waals surface area contributed by atoms with Crippen LogP contribution in [0.3, 0.4) is 0 Å². The van der Waals surface area contributed by atoms with Crippen LogP contribution < -0.4 is 19.7 Å². The van der Waals surface area contributed by atoms with Crippen molar-refractivity contribution >= 4 is 23.3 Å². The molecule has 1 atom stereocenters. The Hall–Kier alpha value is -3.47. The van der Waals surface area contributed by atoms with Crippen molar-refractivity contribution in [1.82, 2.24) is 0 Å². The van der Waals surface area contributed by atoms with Crippen molar-refractivity contribution in [3.63, 3.8) is 0 Å². The van der Waals surface area contributed by atoms with E-state index in [1.54, 1.807) is 6.07 Å². The van der Waals surface area contributed by atoms with Crippen LogP contribution in [-0.2, 0) is 20.4 Å². The van der Waals surface area contributed by atoms with Crippen molar-refractivity contribution in [2.45, 2.75) is 19.2 Å². The second kappa shape index (κ2) is 9.18. The maximum absolute atomic E-state index is 13.3. The number of hydrogen-bond donors (Lipinski definition) is 1. The zero-order valence-electron chi connectivity index (χ0n) is 17.6. The Bertz CT molecular complexity index is 1050. The van der Waals surface area contributed by atoms with Crippen LogP contribution in [0.4, 0.5) is 24.5 Å². The normalized spacial score (nSPS) is 16.3. The first-order chi connectivity index (χ1) is 15.7. The molecule has 0 saturated carbocycles. The van der Waals surface area contributed by atoms with E-state index in [-0.39, 0.29) is 18.0 Å². The number of amides is 1. The molecule has 0 aliphatic carbocycles. The van der Waals surface area contributed by atoms with Crippen LogP contribution in [0.15, 0.2) is 36.4 Å². The van der Waals surface area contributed by atoms with Crippen molar-refractivity contribution < 1.29 is 41.7 Å². The predicted molar refractivity (Wildman–Crippen MR) is 111 cm³/mol. The largest absolute Gasteiger partial charge is 0.454 e. The van der Waals surface area contributed by atoms with E-state index in [0.717, 1.165) is 12.1 Å². The Morgan fingerprint density at radius 2 is 1.79 bits per heavy atom. The molecule has 1 N–H and O–H groups in total. The van der Waals surface area contributed by atoms with Crippen molar-refractivity contribution in [3.8, 4) is 11.5 Å². The summed E-state index contributed by atoms with van der Waals surface area (Å²) in [6, 6.07) is 7.58.